The second-order valence-electron chi connectivity index (χ2n) is 4.31. The molecule has 1 aromatic carbocycles. The summed E-state index contributed by atoms with van der Waals surface area (Å²) in [6.07, 6.45) is 0.660. The molecule has 0 aliphatic carbocycles. The van der Waals surface area contributed by atoms with Crippen LogP contribution in [0.2, 0.25) is 0 Å². The Kier molecular flexibility index (Phi) is 3.60. The van der Waals surface area contributed by atoms with E-state index in [0.29, 0.717) is 18.7 Å². The molecule has 4 nitrogen and oxygen atoms in total. The highest BCUT2D eigenvalue weighted by atomic mass is 19.1. The Labute approximate surface area is 105 Å². The molecule has 2 amide bonds. The topological polar surface area (TPSA) is 49.4 Å². The lowest BCUT2D eigenvalue weighted by Gasteiger charge is -2.17. The number of nitrogens with zero attached hydrogens (tertiary/aromatic N) is 1. The van der Waals surface area contributed by atoms with Crippen molar-refractivity contribution < 1.29 is 14.0 Å². The van der Waals surface area contributed by atoms with Crippen molar-refractivity contribution in [3.63, 3.8) is 0 Å². The van der Waals surface area contributed by atoms with Crippen molar-refractivity contribution in [3.05, 3.63) is 30.1 Å². The molecular weight excluding hydrogens is 235 g/mol. The zero-order valence-corrected chi connectivity index (χ0v) is 10.1. The molecule has 18 heavy (non-hydrogen) atoms. The van der Waals surface area contributed by atoms with Crippen molar-refractivity contribution in [2.24, 2.45) is 0 Å². The molecule has 1 atom stereocenters. The minimum atomic E-state index is -0.374. The normalized spacial score (nSPS) is 19.1. The highest BCUT2D eigenvalue weighted by Crippen LogP contribution is 2.22. The number of carbonyl (C=O) groups is 2. The number of benzene rings is 1. The molecule has 2 rings (SSSR count). The van der Waals surface area contributed by atoms with Gasteiger partial charge in [0.25, 0.3) is 0 Å². The van der Waals surface area contributed by atoms with E-state index in [-0.39, 0.29) is 30.1 Å². The number of hydrogen-bond donors (Lipinski definition) is 1. The van der Waals surface area contributed by atoms with E-state index in [1.54, 1.807) is 19.1 Å². The quantitative estimate of drug-likeness (QED) is 0.882. The van der Waals surface area contributed by atoms with Gasteiger partial charge in [-0.3, -0.25) is 9.59 Å². The zero-order valence-electron chi connectivity index (χ0n) is 10.1. The van der Waals surface area contributed by atoms with Crippen molar-refractivity contribution in [1.82, 2.24) is 5.32 Å². The molecule has 1 N–H and O–H groups in total. The number of carbonyl (C=O) groups excluding carboxylic acids is 2. The second kappa shape index (κ2) is 5.16. The first-order valence-electron chi connectivity index (χ1n) is 5.95. The van der Waals surface area contributed by atoms with Crippen LogP contribution in [0.1, 0.15) is 19.8 Å². The van der Waals surface area contributed by atoms with E-state index in [0.717, 1.165) is 0 Å². The van der Waals surface area contributed by atoms with Crippen LogP contribution in [0.15, 0.2) is 24.3 Å². The summed E-state index contributed by atoms with van der Waals surface area (Å²) in [7, 11) is 0. The third-order valence-corrected chi connectivity index (χ3v) is 2.93. The van der Waals surface area contributed by atoms with E-state index in [9.17, 15) is 14.0 Å². The standard InChI is InChI=1S/C13H15FN2O2/c1-2-12(17)15-10-7-13(18)16(8-10)11-5-3-4-9(14)6-11/h3-6,10H,2,7-8H2,1H3,(H,15,17)/t10-/m1/s1. The Hall–Kier alpha value is -1.91. The molecule has 0 unspecified atom stereocenters. The van der Waals surface area contributed by atoms with Gasteiger partial charge in [-0.05, 0) is 18.2 Å². The minimum absolute atomic E-state index is 0.0751. The Morgan fingerprint density at radius 1 is 1.56 bits per heavy atom. The Balaban J connectivity index is 2.08. The number of hydrogen-bond acceptors (Lipinski definition) is 2. The predicted molar refractivity (Wildman–Crippen MR) is 65.6 cm³/mol. The van der Waals surface area contributed by atoms with Crippen LogP contribution < -0.4 is 10.2 Å². The van der Waals surface area contributed by atoms with Crippen LogP contribution in [0.3, 0.4) is 0 Å². The largest absolute Gasteiger partial charge is 0.351 e. The van der Waals surface area contributed by atoms with E-state index in [1.807, 2.05) is 0 Å². The number of nitrogens with one attached hydrogen (secondary N) is 1. The summed E-state index contributed by atoms with van der Waals surface area (Å²) in [5.74, 6) is -0.544. The predicted octanol–water partition coefficient (Wildman–Crippen LogP) is 1.46. The lowest BCUT2D eigenvalue weighted by Crippen LogP contribution is -2.36. The molecule has 5 heteroatoms. The van der Waals surface area contributed by atoms with Gasteiger partial charge in [0.2, 0.25) is 11.8 Å². The summed E-state index contributed by atoms with van der Waals surface area (Å²) in [4.78, 5) is 24.6. The maximum absolute atomic E-state index is 13.1. The Morgan fingerprint density at radius 3 is 3.00 bits per heavy atom. The third kappa shape index (κ3) is 2.67. The number of halogens is 1. The highest BCUT2D eigenvalue weighted by molar-refractivity contribution is 5.96. The molecule has 1 aromatic rings. The lowest BCUT2D eigenvalue weighted by atomic mass is 10.2. The first kappa shape index (κ1) is 12.5. The van der Waals surface area contributed by atoms with E-state index in [4.69, 9.17) is 0 Å². The summed E-state index contributed by atoms with van der Waals surface area (Å²) < 4.78 is 13.1. The molecule has 1 aliphatic rings. The fraction of sp³-hybridized carbons (Fsp3) is 0.385. The molecule has 1 saturated heterocycles. The summed E-state index contributed by atoms with van der Waals surface area (Å²) in [5, 5.41) is 2.78. The van der Waals surface area contributed by atoms with Crippen LogP contribution in [-0.2, 0) is 9.59 Å². The maximum Gasteiger partial charge on any atom is 0.229 e. The Bertz CT molecular complexity index is 476. The van der Waals surface area contributed by atoms with Gasteiger partial charge < -0.3 is 10.2 Å². The van der Waals surface area contributed by atoms with E-state index >= 15 is 0 Å². The van der Waals surface area contributed by atoms with Gasteiger partial charge in [-0.15, -0.1) is 0 Å². The first-order chi connectivity index (χ1) is 8.60. The SMILES string of the molecule is CCC(=O)N[C@@H]1CC(=O)N(c2cccc(F)c2)C1. The van der Waals surface area contributed by atoms with Crippen molar-refractivity contribution in [2.75, 3.05) is 11.4 Å². The van der Waals surface area contributed by atoms with E-state index in [1.165, 1.54) is 17.0 Å². The van der Waals surface area contributed by atoms with Gasteiger partial charge in [-0.2, -0.15) is 0 Å². The van der Waals surface area contributed by atoms with Gasteiger partial charge >= 0.3 is 0 Å². The van der Waals surface area contributed by atoms with Crippen LogP contribution in [0.25, 0.3) is 0 Å². The average Bonchev–Trinajstić information content (AvgIpc) is 2.70. The van der Waals surface area contributed by atoms with Crippen molar-refractivity contribution in [3.8, 4) is 0 Å². The fourth-order valence-electron chi connectivity index (χ4n) is 2.03. The van der Waals surface area contributed by atoms with Gasteiger partial charge in [-0.1, -0.05) is 13.0 Å². The molecule has 0 radical (unpaired) electrons. The summed E-state index contributed by atoms with van der Waals surface area (Å²) >= 11 is 0. The van der Waals surface area contributed by atoms with Crippen molar-refractivity contribution in [2.45, 2.75) is 25.8 Å². The van der Waals surface area contributed by atoms with Gasteiger partial charge in [0.15, 0.2) is 0 Å². The zero-order chi connectivity index (χ0) is 13.1. The van der Waals surface area contributed by atoms with E-state index in [2.05, 4.69) is 5.32 Å². The van der Waals surface area contributed by atoms with E-state index < -0.39 is 0 Å². The van der Waals surface area contributed by atoms with Crippen LogP contribution in [0, 0.1) is 5.82 Å². The van der Waals surface area contributed by atoms with Gasteiger partial charge in [0, 0.05) is 25.1 Å². The molecule has 1 fully saturated rings. The summed E-state index contributed by atoms with van der Waals surface area (Å²) in [6.45, 7) is 2.16. The van der Waals surface area contributed by atoms with Crippen LogP contribution in [-0.4, -0.2) is 24.4 Å². The third-order valence-electron chi connectivity index (χ3n) is 2.93. The summed E-state index contributed by atoms with van der Waals surface area (Å²) in [5.41, 5.74) is 0.535. The van der Waals surface area contributed by atoms with Gasteiger partial charge in [0.1, 0.15) is 5.82 Å². The van der Waals surface area contributed by atoms with Crippen molar-refractivity contribution >= 4 is 17.5 Å². The highest BCUT2D eigenvalue weighted by Gasteiger charge is 2.31. The van der Waals surface area contributed by atoms with Crippen LogP contribution in [0.5, 0.6) is 0 Å². The number of amides is 2. The van der Waals surface area contributed by atoms with Crippen LogP contribution >= 0.6 is 0 Å². The van der Waals surface area contributed by atoms with Crippen molar-refractivity contribution in [1.29, 1.82) is 0 Å². The maximum atomic E-state index is 13.1. The van der Waals surface area contributed by atoms with Gasteiger partial charge in [0.05, 0.1) is 6.04 Å². The monoisotopic (exact) mass is 250 g/mol. The number of anilines is 1. The molecule has 1 heterocycles. The van der Waals surface area contributed by atoms with Crippen LogP contribution in [0.4, 0.5) is 10.1 Å². The smallest absolute Gasteiger partial charge is 0.229 e. The average molecular weight is 250 g/mol. The minimum Gasteiger partial charge on any atom is -0.351 e. The van der Waals surface area contributed by atoms with Gasteiger partial charge in [-0.25, -0.2) is 4.39 Å². The molecule has 1 aliphatic heterocycles. The molecule has 0 spiro atoms. The molecule has 0 bridgehead atoms. The summed E-state index contributed by atoms with van der Waals surface area (Å²) in [6, 6.07) is 5.72. The Morgan fingerprint density at radius 2 is 2.33 bits per heavy atom. The molecular formula is C13H15FN2O2. The molecule has 96 valence electrons. The first-order valence-corrected chi connectivity index (χ1v) is 5.95. The lowest BCUT2D eigenvalue weighted by molar-refractivity contribution is -0.121. The number of rotatable bonds is 3. The fourth-order valence-corrected chi connectivity index (χ4v) is 2.03. The molecule has 0 saturated carbocycles. The molecule has 0 aromatic heterocycles. The second-order valence-corrected chi connectivity index (χ2v) is 4.31.